The summed E-state index contributed by atoms with van der Waals surface area (Å²) in [6.07, 6.45) is 1.70. The number of ether oxygens (including phenoxy) is 1. The van der Waals surface area contributed by atoms with Crippen molar-refractivity contribution in [1.82, 2.24) is 5.32 Å². The normalized spacial score (nSPS) is 14.1. The quantitative estimate of drug-likeness (QED) is 0.881. The summed E-state index contributed by atoms with van der Waals surface area (Å²) in [4.78, 5) is 0. The number of rotatable bonds is 5. The Labute approximate surface area is 122 Å². The molecule has 0 aliphatic rings. The Morgan fingerprint density at radius 1 is 1.21 bits per heavy atom. The van der Waals surface area contributed by atoms with Crippen LogP contribution < -0.4 is 10.1 Å². The van der Waals surface area contributed by atoms with E-state index in [0.29, 0.717) is 0 Å². The van der Waals surface area contributed by atoms with Crippen molar-refractivity contribution in [1.29, 1.82) is 0 Å². The van der Waals surface area contributed by atoms with Crippen molar-refractivity contribution in [2.45, 2.75) is 25.9 Å². The van der Waals surface area contributed by atoms with E-state index in [2.05, 4.69) is 47.2 Å². The highest BCUT2D eigenvalue weighted by Crippen LogP contribution is 2.29. The van der Waals surface area contributed by atoms with Crippen LogP contribution in [0.4, 0.5) is 0 Å². The lowest BCUT2D eigenvalue weighted by molar-refractivity contribution is 0.400. The molecular formula is C15H18BrNO2. The number of methoxy groups -OCH3 is 1. The van der Waals surface area contributed by atoms with Crippen LogP contribution in [0.15, 0.2) is 45.5 Å². The van der Waals surface area contributed by atoms with Crippen LogP contribution in [0.25, 0.3) is 0 Å². The lowest BCUT2D eigenvalue weighted by Crippen LogP contribution is -2.22. The van der Waals surface area contributed by atoms with Crippen LogP contribution in [-0.4, -0.2) is 7.11 Å². The zero-order chi connectivity index (χ0) is 13.8. The van der Waals surface area contributed by atoms with E-state index >= 15 is 0 Å². The molecule has 2 aromatic rings. The summed E-state index contributed by atoms with van der Waals surface area (Å²) in [7, 11) is 1.67. The van der Waals surface area contributed by atoms with E-state index < -0.39 is 0 Å². The lowest BCUT2D eigenvalue weighted by atomic mass is 10.1. The molecule has 0 radical (unpaired) electrons. The molecule has 0 spiro atoms. The summed E-state index contributed by atoms with van der Waals surface area (Å²) < 4.78 is 11.6. The molecule has 4 heteroatoms. The molecule has 102 valence electrons. The van der Waals surface area contributed by atoms with Gasteiger partial charge in [-0.25, -0.2) is 0 Å². The van der Waals surface area contributed by atoms with Crippen LogP contribution in [-0.2, 0) is 0 Å². The van der Waals surface area contributed by atoms with Crippen LogP contribution in [0.3, 0.4) is 0 Å². The lowest BCUT2D eigenvalue weighted by Gasteiger charge is -2.19. The van der Waals surface area contributed by atoms with Crippen LogP contribution in [0, 0.1) is 0 Å². The average Bonchev–Trinajstić information content (AvgIpc) is 2.92. The molecule has 0 aliphatic carbocycles. The number of benzene rings is 1. The molecule has 1 N–H and O–H groups in total. The van der Waals surface area contributed by atoms with Gasteiger partial charge in [-0.05, 0) is 59.6 Å². The molecule has 1 aromatic heterocycles. The first-order valence-electron chi connectivity index (χ1n) is 6.24. The Hall–Kier alpha value is -1.26. The molecule has 2 rings (SSSR count). The zero-order valence-electron chi connectivity index (χ0n) is 11.3. The van der Waals surface area contributed by atoms with Crippen LogP contribution in [0.2, 0.25) is 0 Å². The summed E-state index contributed by atoms with van der Waals surface area (Å²) in [6, 6.07) is 10.4. The Bertz CT molecular complexity index is 525. The average molecular weight is 324 g/mol. The second kappa shape index (κ2) is 6.26. The van der Waals surface area contributed by atoms with Crippen molar-refractivity contribution in [2.75, 3.05) is 7.11 Å². The van der Waals surface area contributed by atoms with Gasteiger partial charge in [0.25, 0.3) is 0 Å². The summed E-state index contributed by atoms with van der Waals surface area (Å²) >= 11 is 3.51. The number of furan rings is 1. The smallest absolute Gasteiger partial charge is 0.133 e. The topological polar surface area (TPSA) is 34.4 Å². The van der Waals surface area contributed by atoms with E-state index in [1.165, 1.54) is 5.56 Å². The van der Waals surface area contributed by atoms with Gasteiger partial charge in [0.05, 0.1) is 23.9 Å². The van der Waals surface area contributed by atoms with Crippen molar-refractivity contribution in [3.63, 3.8) is 0 Å². The van der Waals surface area contributed by atoms with E-state index in [9.17, 15) is 0 Å². The van der Waals surface area contributed by atoms with E-state index in [1.54, 1.807) is 13.4 Å². The highest BCUT2D eigenvalue weighted by Gasteiger charge is 2.14. The summed E-state index contributed by atoms with van der Waals surface area (Å²) in [5.74, 6) is 1.79. The van der Waals surface area contributed by atoms with Gasteiger partial charge in [0.1, 0.15) is 11.5 Å². The molecule has 1 unspecified atom stereocenters. The first-order valence-corrected chi connectivity index (χ1v) is 7.04. The minimum Gasteiger partial charge on any atom is -0.496 e. The minimum absolute atomic E-state index is 0.172. The van der Waals surface area contributed by atoms with Crippen LogP contribution in [0.1, 0.15) is 37.3 Å². The van der Waals surface area contributed by atoms with Gasteiger partial charge in [-0.3, -0.25) is 0 Å². The number of nitrogens with one attached hydrogen (secondary N) is 1. The fourth-order valence-corrected chi connectivity index (χ4v) is 2.60. The minimum atomic E-state index is 0.172. The number of hydrogen-bond acceptors (Lipinski definition) is 3. The maximum absolute atomic E-state index is 5.40. The molecule has 2 atom stereocenters. The van der Waals surface area contributed by atoms with Gasteiger partial charge in [0.15, 0.2) is 0 Å². The highest BCUT2D eigenvalue weighted by molar-refractivity contribution is 9.10. The highest BCUT2D eigenvalue weighted by atomic mass is 79.9. The van der Waals surface area contributed by atoms with Crippen molar-refractivity contribution >= 4 is 15.9 Å². The van der Waals surface area contributed by atoms with Crippen LogP contribution in [0.5, 0.6) is 5.75 Å². The Morgan fingerprint density at radius 2 is 2.00 bits per heavy atom. The van der Waals surface area contributed by atoms with Gasteiger partial charge in [-0.15, -0.1) is 0 Å². The molecule has 3 nitrogen and oxygen atoms in total. The van der Waals surface area contributed by atoms with E-state index in [1.807, 2.05) is 18.2 Å². The maximum atomic E-state index is 5.40. The Morgan fingerprint density at radius 3 is 2.58 bits per heavy atom. The van der Waals surface area contributed by atoms with E-state index in [0.717, 1.165) is 16.0 Å². The zero-order valence-corrected chi connectivity index (χ0v) is 12.9. The largest absolute Gasteiger partial charge is 0.496 e. The molecule has 0 aliphatic heterocycles. The molecular weight excluding hydrogens is 306 g/mol. The monoisotopic (exact) mass is 323 g/mol. The van der Waals surface area contributed by atoms with Crippen molar-refractivity contribution in [3.05, 3.63) is 52.4 Å². The van der Waals surface area contributed by atoms with E-state index in [4.69, 9.17) is 9.15 Å². The van der Waals surface area contributed by atoms with Crippen molar-refractivity contribution in [3.8, 4) is 5.75 Å². The third-order valence-corrected chi connectivity index (χ3v) is 3.77. The molecule has 0 saturated heterocycles. The molecule has 0 saturated carbocycles. The molecule has 1 heterocycles. The fourth-order valence-electron chi connectivity index (χ4n) is 2.04. The number of hydrogen-bond donors (Lipinski definition) is 1. The summed E-state index contributed by atoms with van der Waals surface area (Å²) in [5.41, 5.74) is 1.20. The summed E-state index contributed by atoms with van der Waals surface area (Å²) in [6.45, 7) is 4.22. The fraction of sp³-hybridized carbons (Fsp3) is 0.333. The van der Waals surface area contributed by atoms with Gasteiger partial charge >= 0.3 is 0 Å². The first kappa shape index (κ1) is 14.2. The predicted octanol–water partition coefficient (Wildman–Crippen LogP) is 4.46. The van der Waals surface area contributed by atoms with Gasteiger partial charge in [0.2, 0.25) is 0 Å². The third kappa shape index (κ3) is 3.39. The summed E-state index contributed by atoms with van der Waals surface area (Å²) in [5, 5.41) is 3.51. The van der Waals surface area contributed by atoms with Crippen LogP contribution >= 0.6 is 15.9 Å². The first-order chi connectivity index (χ1) is 9.11. The second-order valence-electron chi connectivity index (χ2n) is 4.52. The predicted molar refractivity (Wildman–Crippen MR) is 79.4 cm³/mol. The van der Waals surface area contributed by atoms with Crippen molar-refractivity contribution < 1.29 is 9.15 Å². The molecule has 19 heavy (non-hydrogen) atoms. The Balaban J connectivity index is 2.07. The Kier molecular flexibility index (Phi) is 4.66. The third-order valence-electron chi connectivity index (χ3n) is 3.15. The second-order valence-corrected chi connectivity index (χ2v) is 5.37. The standard InChI is InChI=1S/C15H18BrNO2/c1-10(17-11(2)14-5-4-8-19-14)12-6-7-15(18-3)13(16)9-12/h4-11,17H,1-3H3/t10?,11-/m0/s1. The van der Waals surface area contributed by atoms with Gasteiger partial charge < -0.3 is 14.5 Å². The maximum Gasteiger partial charge on any atom is 0.133 e. The number of halogens is 1. The van der Waals surface area contributed by atoms with Gasteiger partial charge in [-0.1, -0.05) is 6.07 Å². The molecule has 0 bridgehead atoms. The van der Waals surface area contributed by atoms with Crippen molar-refractivity contribution in [2.24, 2.45) is 0 Å². The molecule has 0 amide bonds. The molecule has 0 fully saturated rings. The van der Waals surface area contributed by atoms with Gasteiger partial charge in [-0.2, -0.15) is 0 Å². The van der Waals surface area contributed by atoms with E-state index in [-0.39, 0.29) is 12.1 Å². The SMILES string of the molecule is COc1ccc(C(C)N[C@@H](C)c2ccco2)cc1Br. The van der Waals surface area contributed by atoms with Gasteiger partial charge in [0, 0.05) is 6.04 Å². The molecule has 1 aromatic carbocycles.